The third-order valence-corrected chi connectivity index (χ3v) is 4.39. The van der Waals surface area contributed by atoms with Gasteiger partial charge in [0.2, 0.25) is 0 Å². The fourth-order valence-electron chi connectivity index (χ4n) is 3.02. The van der Waals surface area contributed by atoms with Crippen LogP contribution < -0.4 is 11.5 Å². The minimum absolute atomic E-state index is 0.0365. The molecule has 1 heterocycles. The van der Waals surface area contributed by atoms with Gasteiger partial charge in [0.1, 0.15) is 5.82 Å². The predicted octanol–water partition coefficient (Wildman–Crippen LogP) is 3.53. The summed E-state index contributed by atoms with van der Waals surface area (Å²) >= 11 is 5.98. The Labute approximate surface area is 114 Å². The molecule has 0 aliphatic heterocycles. The molecular formula is C14H22ClN3. The lowest BCUT2D eigenvalue weighted by atomic mass is 9.75. The molecule has 3 atom stereocenters. The van der Waals surface area contributed by atoms with Crippen LogP contribution in [0.5, 0.6) is 0 Å². The van der Waals surface area contributed by atoms with Gasteiger partial charge in [-0.3, -0.25) is 0 Å². The highest BCUT2D eigenvalue weighted by Gasteiger charge is 2.27. The van der Waals surface area contributed by atoms with E-state index in [4.69, 9.17) is 23.1 Å². The number of nitrogen functional groups attached to an aromatic ring is 1. The van der Waals surface area contributed by atoms with Gasteiger partial charge in [0, 0.05) is 17.8 Å². The Bertz CT molecular complexity index is 408. The minimum atomic E-state index is -0.0365. The lowest BCUT2D eigenvalue weighted by Crippen LogP contribution is -2.27. The molecule has 0 aromatic carbocycles. The first-order valence-electron chi connectivity index (χ1n) is 6.78. The third-order valence-electron chi connectivity index (χ3n) is 4.18. The van der Waals surface area contributed by atoms with Crippen molar-refractivity contribution in [2.75, 3.05) is 5.73 Å². The fourth-order valence-corrected chi connectivity index (χ4v) is 3.18. The normalized spacial score (nSPS) is 25.9. The molecule has 4 N–H and O–H groups in total. The van der Waals surface area contributed by atoms with Gasteiger partial charge in [-0.05, 0) is 30.7 Å². The van der Waals surface area contributed by atoms with Crippen molar-refractivity contribution in [2.24, 2.45) is 17.6 Å². The number of halogens is 1. The van der Waals surface area contributed by atoms with E-state index in [1.807, 2.05) is 6.07 Å². The summed E-state index contributed by atoms with van der Waals surface area (Å²) < 4.78 is 0. The number of hydrogen-bond acceptors (Lipinski definition) is 3. The average molecular weight is 268 g/mol. The second-order valence-electron chi connectivity index (χ2n) is 5.35. The van der Waals surface area contributed by atoms with Crippen LogP contribution in [0.4, 0.5) is 5.82 Å². The first-order chi connectivity index (χ1) is 8.61. The minimum Gasteiger partial charge on any atom is -0.383 e. The van der Waals surface area contributed by atoms with Crippen molar-refractivity contribution in [3.8, 4) is 0 Å². The Morgan fingerprint density at radius 2 is 2.28 bits per heavy atom. The number of aromatic nitrogens is 1. The fraction of sp³-hybridized carbons (Fsp3) is 0.643. The first kappa shape index (κ1) is 13.6. The topological polar surface area (TPSA) is 64.9 Å². The number of nitrogens with two attached hydrogens (primary N) is 2. The van der Waals surface area contributed by atoms with Crippen LogP contribution in [0, 0.1) is 11.8 Å². The van der Waals surface area contributed by atoms with Gasteiger partial charge in [0.15, 0.2) is 0 Å². The average Bonchev–Trinajstić information content (AvgIpc) is 2.41. The third kappa shape index (κ3) is 2.96. The number of pyridine rings is 1. The maximum atomic E-state index is 6.38. The largest absolute Gasteiger partial charge is 0.383 e. The van der Waals surface area contributed by atoms with Crippen molar-refractivity contribution in [1.82, 2.24) is 4.98 Å². The summed E-state index contributed by atoms with van der Waals surface area (Å²) in [7, 11) is 0. The van der Waals surface area contributed by atoms with Crippen LogP contribution in [-0.4, -0.2) is 4.98 Å². The van der Waals surface area contributed by atoms with Crippen LogP contribution in [-0.2, 0) is 0 Å². The standard InChI is InChI=1S/C14H22ClN3/c1-2-9-4-3-5-10(6-9)13(16)12-7-11(15)8-18-14(12)17/h7-10,13H,2-6,16H2,1H3,(H2,17,18). The zero-order chi connectivity index (χ0) is 13.1. The Morgan fingerprint density at radius 3 is 3.00 bits per heavy atom. The van der Waals surface area contributed by atoms with Crippen molar-refractivity contribution >= 4 is 17.4 Å². The van der Waals surface area contributed by atoms with E-state index in [0.717, 1.165) is 11.5 Å². The van der Waals surface area contributed by atoms with Gasteiger partial charge in [0.05, 0.1) is 5.02 Å². The molecule has 18 heavy (non-hydrogen) atoms. The molecule has 4 heteroatoms. The van der Waals surface area contributed by atoms with Crippen molar-refractivity contribution in [3.63, 3.8) is 0 Å². The number of hydrogen-bond donors (Lipinski definition) is 2. The van der Waals surface area contributed by atoms with Crippen molar-refractivity contribution in [1.29, 1.82) is 0 Å². The van der Waals surface area contributed by atoms with E-state index < -0.39 is 0 Å². The van der Waals surface area contributed by atoms with Crippen LogP contribution >= 0.6 is 11.6 Å². The second kappa shape index (κ2) is 5.89. The summed E-state index contributed by atoms with van der Waals surface area (Å²) in [5, 5.41) is 0.609. The SMILES string of the molecule is CCC1CCCC(C(N)c2cc(Cl)cnc2N)C1. The van der Waals surface area contributed by atoms with E-state index in [0.29, 0.717) is 16.8 Å². The summed E-state index contributed by atoms with van der Waals surface area (Å²) in [6, 6.07) is 1.83. The molecule has 0 radical (unpaired) electrons. The van der Waals surface area contributed by atoms with E-state index in [2.05, 4.69) is 11.9 Å². The number of rotatable bonds is 3. The molecule has 0 bridgehead atoms. The quantitative estimate of drug-likeness (QED) is 0.880. The Hall–Kier alpha value is -0.800. The van der Waals surface area contributed by atoms with Crippen LogP contribution in [0.15, 0.2) is 12.3 Å². The molecule has 1 aromatic rings. The second-order valence-corrected chi connectivity index (χ2v) is 5.79. The number of anilines is 1. The summed E-state index contributed by atoms with van der Waals surface area (Å²) in [4.78, 5) is 4.10. The summed E-state index contributed by atoms with van der Waals surface area (Å²) in [6.45, 7) is 2.26. The molecule has 1 aliphatic carbocycles. The van der Waals surface area contributed by atoms with Gasteiger partial charge in [-0.2, -0.15) is 0 Å². The van der Waals surface area contributed by atoms with E-state index >= 15 is 0 Å². The molecule has 1 aliphatic rings. The van der Waals surface area contributed by atoms with Crippen molar-refractivity contribution < 1.29 is 0 Å². The lowest BCUT2D eigenvalue weighted by molar-refractivity contribution is 0.230. The van der Waals surface area contributed by atoms with Crippen LogP contribution in [0.3, 0.4) is 0 Å². The maximum Gasteiger partial charge on any atom is 0.128 e. The lowest BCUT2D eigenvalue weighted by Gasteiger charge is -2.32. The zero-order valence-electron chi connectivity index (χ0n) is 10.9. The van der Waals surface area contributed by atoms with Gasteiger partial charge < -0.3 is 11.5 Å². The molecule has 0 spiro atoms. The van der Waals surface area contributed by atoms with Crippen LogP contribution in [0.1, 0.15) is 50.6 Å². The van der Waals surface area contributed by atoms with Gasteiger partial charge in [0.25, 0.3) is 0 Å². The Kier molecular flexibility index (Phi) is 4.46. The van der Waals surface area contributed by atoms with Gasteiger partial charge in [-0.15, -0.1) is 0 Å². The highest BCUT2D eigenvalue weighted by atomic mass is 35.5. The van der Waals surface area contributed by atoms with Gasteiger partial charge >= 0.3 is 0 Å². The maximum absolute atomic E-state index is 6.38. The Balaban J connectivity index is 2.14. The molecule has 1 aromatic heterocycles. The molecule has 100 valence electrons. The Morgan fingerprint density at radius 1 is 1.50 bits per heavy atom. The zero-order valence-corrected chi connectivity index (χ0v) is 11.7. The first-order valence-corrected chi connectivity index (χ1v) is 7.16. The highest BCUT2D eigenvalue weighted by molar-refractivity contribution is 6.30. The molecule has 3 nitrogen and oxygen atoms in total. The van der Waals surface area contributed by atoms with E-state index in [9.17, 15) is 0 Å². The molecule has 2 rings (SSSR count). The molecule has 0 amide bonds. The van der Waals surface area contributed by atoms with Gasteiger partial charge in [-0.1, -0.05) is 37.8 Å². The van der Waals surface area contributed by atoms with E-state index in [1.165, 1.54) is 32.1 Å². The van der Waals surface area contributed by atoms with Crippen molar-refractivity contribution in [3.05, 3.63) is 22.8 Å². The summed E-state index contributed by atoms with van der Waals surface area (Å²) in [5.41, 5.74) is 13.2. The van der Waals surface area contributed by atoms with Crippen LogP contribution in [0.25, 0.3) is 0 Å². The van der Waals surface area contributed by atoms with E-state index in [1.54, 1.807) is 6.20 Å². The molecule has 0 saturated heterocycles. The molecule has 1 saturated carbocycles. The summed E-state index contributed by atoms with van der Waals surface area (Å²) in [5.74, 6) is 1.83. The highest BCUT2D eigenvalue weighted by Crippen LogP contribution is 2.38. The number of nitrogens with zero attached hydrogens (tertiary/aromatic N) is 1. The van der Waals surface area contributed by atoms with Crippen molar-refractivity contribution in [2.45, 2.75) is 45.1 Å². The van der Waals surface area contributed by atoms with Gasteiger partial charge in [-0.25, -0.2) is 4.98 Å². The van der Waals surface area contributed by atoms with E-state index in [-0.39, 0.29) is 6.04 Å². The molecule has 1 fully saturated rings. The molecular weight excluding hydrogens is 246 g/mol. The smallest absolute Gasteiger partial charge is 0.128 e. The van der Waals surface area contributed by atoms with Crippen LogP contribution in [0.2, 0.25) is 5.02 Å². The predicted molar refractivity (Wildman–Crippen MR) is 76.3 cm³/mol. The molecule has 3 unspecified atom stereocenters. The monoisotopic (exact) mass is 267 g/mol. The summed E-state index contributed by atoms with van der Waals surface area (Å²) in [6.07, 6.45) is 7.80.